The second-order valence-electron chi connectivity index (χ2n) is 3.04. The molecule has 0 spiro atoms. The quantitative estimate of drug-likeness (QED) is 0.614. The maximum atomic E-state index is 3.69. The van der Waals surface area contributed by atoms with Gasteiger partial charge in [0.2, 0.25) is 0 Å². The van der Waals surface area contributed by atoms with Gasteiger partial charge in [-0.3, -0.25) is 0 Å². The summed E-state index contributed by atoms with van der Waals surface area (Å²) in [4.78, 5) is 0. The van der Waals surface area contributed by atoms with Crippen molar-refractivity contribution < 1.29 is 0 Å². The van der Waals surface area contributed by atoms with Crippen molar-refractivity contribution in [3.05, 3.63) is 0 Å². The van der Waals surface area contributed by atoms with Gasteiger partial charge in [-0.1, -0.05) is 42.7 Å². The fourth-order valence-corrected chi connectivity index (χ4v) is 2.42. The summed E-state index contributed by atoms with van der Waals surface area (Å²) in [6.07, 6.45) is 5.53. The molecule has 62 valence electrons. The normalized spacial score (nSPS) is 14.1. The highest BCUT2D eigenvalue weighted by Crippen LogP contribution is 2.44. The zero-order chi connectivity index (χ0) is 7.98. The molecule has 10 heavy (non-hydrogen) atoms. The summed E-state index contributed by atoms with van der Waals surface area (Å²) in [5, 5.41) is 0. The lowest BCUT2D eigenvalue weighted by molar-refractivity contribution is 0.578. The van der Waals surface area contributed by atoms with Gasteiger partial charge in [0.1, 0.15) is 0 Å². The van der Waals surface area contributed by atoms with Crippen molar-refractivity contribution in [3.8, 4) is 0 Å². The Bertz CT molecular complexity index is 73.7. The summed E-state index contributed by atoms with van der Waals surface area (Å²) >= 11 is 3.69. The molecule has 0 N–H and O–H groups in total. The molecule has 0 heterocycles. The van der Waals surface area contributed by atoms with Gasteiger partial charge in [-0.2, -0.15) is 0 Å². The van der Waals surface area contributed by atoms with Crippen LogP contribution >= 0.6 is 22.1 Å². The largest absolute Gasteiger partial charge is 0.0628 e. The molecule has 1 atom stereocenters. The molecular formula is C8H18BrP. The van der Waals surface area contributed by atoms with E-state index >= 15 is 0 Å². The van der Waals surface area contributed by atoms with Crippen molar-refractivity contribution in [2.75, 3.05) is 12.3 Å². The summed E-state index contributed by atoms with van der Waals surface area (Å²) in [6, 6.07) is 0. The predicted molar refractivity (Wildman–Crippen MR) is 55.3 cm³/mol. The second-order valence-corrected chi connectivity index (χ2v) is 8.05. The lowest BCUT2D eigenvalue weighted by atomic mass is 10.1. The van der Waals surface area contributed by atoms with E-state index in [1.165, 1.54) is 25.2 Å². The molecule has 0 saturated heterocycles. The lowest BCUT2D eigenvalue weighted by Crippen LogP contribution is -1.89. The van der Waals surface area contributed by atoms with E-state index in [-0.39, 0.29) is 6.62 Å². The van der Waals surface area contributed by atoms with E-state index in [2.05, 4.69) is 36.3 Å². The molecule has 0 radical (unpaired) electrons. The highest BCUT2D eigenvalue weighted by atomic mass is 79.9. The van der Waals surface area contributed by atoms with Gasteiger partial charge in [-0.15, -0.1) is 0 Å². The van der Waals surface area contributed by atoms with Crippen LogP contribution in [0.4, 0.5) is 0 Å². The number of hydrogen-bond acceptors (Lipinski definition) is 0. The fraction of sp³-hybridized carbons (Fsp3) is 1.00. The summed E-state index contributed by atoms with van der Waals surface area (Å²) in [6.45, 7) is 7.05. The molecule has 0 bridgehead atoms. The Kier molecular flexibility index (Phi) is 7.21. The Hall–Kier alpha value is 0.910. The van der Waals surface area contributed by atoms with Crippen LogP contribution in [0.2, 0.25) is 0 Å². The van der Waals surface area contributed by atoms with Crippen molar-refractivity contribution in [3.63, 3.8) is 0 Å². The van der Waals surface area contributed by atoms with Crippen molar-refractivity contribution in [2.45, 2.75) is 33.6 Å². The average molecular weight is 225 g/mol. The molecule has 0 fully saturated rings. The average Bonchev–Trinajstić information content (AvgIpc) is 1.87. The predicted octanol–water partition coefficient (Wildman–Crippen LogP) is 4.23. The first kappa shape index (κ1) is 10.9. The van der Waals surface area contributed by atoms with Gasteiger partial charge in [0.15, 0.2) is 0 Å². The molecule has 0 aliphatic rings. The Morgan fingerprint density at radius 1 is 1.40 bits per heavy atom. The van der Waals surface area contributed by atoms with Gasteiger partial charge in [-0.25, -0.2) is 0 Å². The van der Waals surface area contributed by atoms with Crippen LogP contribution in [0.3, 0.4) is 0 Å². The Morgan fingerprint density at radius 3 is 2.40 bits per heavy atom. The van der Waals surface area contributed by atoms with Gasteiger partial charge in [0.05, 0.1) is 0 Å². The molecular weight excluding hydrogens is 207 g/mol. The Morgan fingerprint density at radius 2 is 2.00 bits per heavy atom. The third kappa shape index (κ3) is 7.02. The minimum atomic E-state index is 0.203. The molecule has 0 rings (SSSR count). The number of rotatable bonds is 5. The minimum absolute atomic E-state index is 0.203. The zero-order valence-electron chi connectivity index (χ0n) is 7.23. The SMILES string of the molecule is CCP(Br)CCCC(C)C. The molecule has 0 aliphatic heterocycles. The third-order valence-electron chi connectivity index (χ3n) is 1.53. The van der Waals surface area contributed by atoms with Crippen molar-refractivity contribution >= 4 is 22.1 Å². The van der Waals surface area contributed by atoms with Crippen LogP contribution in [0, 0.1) is 5.92 Å². The van der Waals surface area contributed by atoms with Gasteiger partial charge in [0.25, 0.3) is 0 Å². The van der Waals surface area contributed by atoms with Crippen LogP contribution in [0.25, 0.3) is 0 Å². The first-order valence-corrected chi connectivity index (χ1v) is 7.80. The summed E-state index contributed by atoms with van der Waals surface area (Å²) in [5.41, 5.74) is 0. The molecule has 0 aromatic carbocycles. The summed E-state index contributed by atoms with van der Waals surface area (Å²) in [5.74, 6) is 0.882. The minimum Gasteiger partial charge on any atom is -0.0628 e. The van der Waals surface area contributed by atoms with E-state index in [1.54, 1.807) is 0 Å². The van der Waals surface area contributed by atoms with E-state index < -0.39 is 0 Å². The number of hydrogen-bond donors (Lipinski definition) is 0. The first-order valence-electron chi connectivity index (χ1n) is 4.07. The van der Waals surface area contributed by atoms with Gasteiger partial charge in [-0.05, 0) is 31.3 Å². The first-order chi connectivity index (χ1) is 4.66. The molecule has 0 aromatic heterocycles. The van der Waals surface area contributed by atoms with Crippen molar-refractivity contribution in [1.29, 1.82) is 0 Å². The van der Waals surface area contributed by atoms with Crippen LogP contribution in [0.15, 0.2) is 0 Å². The van der Waals surface area contributed by atoms with Crippen LogP contribution in [0.5, 0.6) is 0 Å². The molecule has 0 nitrogen and oxygen atoms in total. The highest BCUT2D eigenvalue weighted by Gasteiger charge is 2.00. The van der Waals surface area contributed by atoms with Crippen molar-refractivity contribution in [2.24, 2.45) is 5.92 Å². The molecule has 1 unspecified atom stereocenters. The van der Waals surface area contributed by atoms with E-state index in [9.17, 15) is 0 Å². The fourth-order valence-electron chi connectivity index (χ4n) is 0.829. The summed E-state index contributed by atoms with van der Waals surface area (Å²) in [7, 11) is 0. The maximum Gasteiger partial charge on any atom is -0.0227 e. The number of halogens is 1. The second kappa shape index (κ2) is 6.61. The van der Waals surface area contributed by atoms with Crippen LogP contribution in [-0.4, -0.2) is 12.3 Å². The monoisotopic (exact) mass is 224 g/mol. The smallest absolute Gasteiger partial charge is 0.0227 e. The highest BCUT2D eigenvalue weighted by molar-refractivity contribution is 9.39. The Labute approximate surface area is 74.3 Å². The van der Waals surface area contributed by atoms with Crippen LogP contribution < -0.4 is 0 Å². The zero-order valence-corrected chi connectivity index (χ0v) is 9.71. The van der Waals surface area contributed by atoms with Gasteiger partial charge in [0, 0.05) is 0 Å². The van der Waals surface area contributed by atoms with Crippen LogP contribution in [-0.2, 0) is 0 Å². The van der Waals surface area contributed by atoms with Crippen molar-refractivity contribution in [1.82, 2.24) is 0 Å². The molecule has 0 aromatic rings. The van der Waals surface area contributed by atoms with Crippen LogP contribution in [0.1, 0.15) is 33.6 Å². The molecule has 2 heteroatoms. The molecule has 0 amide bonds. The maximum absolute atomic E-state index is 3.69. The lowest BCUT2D eigenvalue weighted by Gasteiger charge is -2.07. The standard InChI is InChI=1S/C8H18BrP/c1-4-10(9)7-5-6-8(2)3/h8H,4-7H2,1-3H3. The van der Waals surface area contributed by atoms with E-state index in [1.807, 2.05) is 0 Å². The molecule has 0 saturated carbocycles. The van der Waals surface area contributed by atoms with E-state index in [0.29, 0.717) is 0 Å². The third-order valence-corrected chi connectivity index (χ3v) is 5.58. The van der Waals surface area contributed by atoms with E-state index in [0.717, 1.165) is 5.92 Å². The summed E-state index contributed by atoms with van der Waals surface area (Å²) < 4.78 is 0. The van der Waals surface area contributed by atoms with Gasteiger partial charge < -0.3 is 0 Å². The Balaban J connectivity index is 3.03. The molecule has 0 aliphatic carbocycles. The van der Waals surface area contributed by atoms with Gasteiger partial charge >= 0.3 is 0 Å². The topological polar surface area (TPSA) is 0 Å². The van der Waals surface area contributed by atoms with E-state index in [4.69, 9.17) is 0 Å².